The number of fused-ring (bicyclic) bond motifs is 1. The number of ether oxygens (including phenoxy) is 1. The SMILES string of the molecule is O=C1NCNC2C1NCN2[C@@H]1O[C@H](COP(=O)([O-])OP(=O)([O-])OP(=O)([O-])O)[C@@H](O)[C@H]1O.[Na+].[Na+].[Na+]. The number of phosphoric ester groups is 1. The summed E-state index contributed by atoms with van der Waals surface area (Å²) in [5.74, 6) is -0.307. The Balaban J connectivity index is 0.00000363. The number of phosphoric acid groups is 3. The van der Waals surface area contributed by atoms with Crippen molar-refractivity contribution in [3.63, 3.8) is 0 Å². The third-order valence-electron chi connectivity index (χ3n) is 4.49. The van der Waals surface area contributed by atoms with Crippen LogP contribution in [-0.4, -0.2) is 82.6 Å². The molecule has 180 valence electrons. The van der Waals surface area contributed by atoms with Crippen LogP contribution in [0.3, 0.4) is 0 Å². The van der Waals surface area contributed by atoms with Crippen LogP contribution in [0.2, 0.25) is 0 Å². The predicted molar refractivity (Wildman–Crippen MR) is 87.4 cm³/mol. The average Bonchev–Trinajstić information content (AvgIpc) is 3.13. The molecule has 3 rings (SSSR count). The van der Waals surface area contributed by atoms with Gasteiger partial charge in [-0.15, -0.1) is 0 Å². The van der Waals surface area contributed by atoms with Crippen molar-refractivity contribution in [2.24, 2.45) is 0 Å². The molecule has 3 fully saturated rings. The second kappa shape index (κ2) is 14.3. The van der Waals surface area contributed by atoms with Gasteiger partial charge in [0.05, 0.1) is 26.1 Å². The molecular weight excluding hydrogens is 562 g/mol. The van der Waals surface area contributed by atoms with E-state index in [0.29, 0.717) is 0 Å². The van der Waals surface area contributed by atoms with Crippen LogP contribution in [0.1, 0.15) is 0 Å². The Bertz CT molecular complexity index is 854. The Hall–Kier alpha value is 2.64. The van der Waals surface area contributed by atoms with Gasteiger partial charge in [-0.25, -0.2) is 13.5 Å². The maximum Gasteiger partial charge on any atom is 1.00 e. The molecule has 0 aliphatic carbocycles. The molecule has 0 radical (unpaired) electrons. The van der Waals surface area contributed by atoms with Crippen molar-refractivity contribution in [3.05, 3.63) is 0 Å². The normalized spacial score (nSPS) is 36.4. The summed E-state index contributed by atoms with van der Waals surface area (Å²) in [6, 6.07) is -0.679. The molecular formula is C10H18N4Na3O14P3. The molecule has 9 atom stereocenters. The second-order valence-electron chi connectivity index (χ2n) is 6.59. The van der Waals surface area contributed by atoms with E-state index in [-0.39, 0.29) is 108 Å². The fourth-order valence-electron chi connectivity index (χ4n) is 3.27. The topological polar surface area (TPSA) is 274 Å². The van der Waals surface area contributed by atoms with Crippen LogP contribution >= 0.6 is 23.5 Å². The number of nitrogens with zero attached hydrogens (tertiary/aromatic N) is 1. The molecule has 3 heterocycles. The van der Waals surface area contributed by atoms with E-state index in [0.717, 1.165) is 0 Å². The van der Waals surface area contributed by atoms with Gasteiger partial charge in [-0.1, -0.05) is 0 Å². The molecule has 3 aliphatic rings. The molecule has 0 bridgehead atoms. The molecule has 24 heteroatoms. The van der Waals surface area contributed by atoms with Gasteiger partial charge in [-0.3, -0.25) is 29.1 Å². The summed E-state index contributed by atoms with van der Waals surface area (Å²) >= 11 is 0. The monoisotopic (exact) mass is 580 g/mol. The van der Waals surface area contributed by atoms with E-state index in [1.807, 2.05) is 0 Å². The van der Waals surface area contributed by atoms with Crippen LogP contribution in [0, 0.1) is 0 Å². The van der Waals surface area contributed by atoms with Crippen LogP contribution in [0.15, 0.2) is 0 Å². The molecule has 0 saturated carbocycles. The summed E-state index contributed by atoms with van der Waals surface area (Å²) < 4.78 is 49.5. The molecule has 1 amide bonds. The number of aliphatic hydroxyl groups is 2. The van der Waals surface area contributed by atoms with Gasteiger partial charge in [0, 0.05) is 0 Å². The first kappa shape index (κ1) is 36.6. The van der Waals surface area contributed by atoms with E-state index in [1.54, 1.807) is 0 Å². The van der Waals surface area contributed by atoms with Crippen molar-refractivity contribution >= 4 is 29.4 Å². The smallest absolute Gasteiger partial charge is 0.756 e. The molecule has 3 saturated heterocycles. The van der Waals surface area contributed by atoms with Crippen LogP contribution in [-0.2, 0) is 36.4 Å². The number of carbonyl (C=O) groups is 1. The summed E-state index contributed by atoms with van der Waals surface area (Å²) in [5, 5.41) is 28.8. The first-order valence-corrected chi connectivity index (χ1v) is 12.9. The van der Waals surface area contributed by atoms with Crippen LogP contribution in [0.5, 0.6) is 0 Å². The summed E-state index contributed by atoms with van der Waals surface area (Å²) in [6.07, 6.45) is -6.55. The van der Waals surface area contributed by atoms with Gasteiger partial charge in [0.2, 0.25) is 5.91 Å². The largest absolute Gasteiger partial charge is 1.00 e. The van der Waals surface area contributed by atoms with E-state index in [1.165, 1.54) is 4.90 Å². The minimum atomic E-state index is -6.07. The molecule has 0 aromatic rings. The maximum absolute atomic E-state index is 11.9. The third kappa shape index (κ3) is 9.68. The molecule has 0 spiro atoms. The summed E-state index contributed by atoms with van der Waals surface area (Å²) in [6.45, 7) is -0.838. The standard InChI is InChI=1S/C10H21N4O14P3.3Na/c15-6-4(1-25-30(21,22)28-31(23,24)27-29(18,19)20)26-10(7(6)16)14-3-13-5-8(14)11-2-12-9(5)17;;;/h4-8,10-11,13,15-16H,1-3H2,(H,12,17)(H,21,22)(H,23,24)(H2,18,19,20);;;/q;3*+1/p-3/t4-,5?,6-,7-,8?,10-;;;/m1.../s1. The van der Waals surface area contributed by atoms with E-state index in [2.05, 4.69) is 29.1 Å². The van der Waals surface area contributed by atoms with Gasteiger partial charge >= 0.3 is 88.7 Å². The van der Waals surface area contributed by atoms with E-state index in [9.17, 15) is 43.4 Å². The van der Waals surface area contributed by atoms with Crippen molar-refractivity contribution in [1.29, 1.82) is 0 Å². The fraction of sp³-hybridized carbons (Fsp3) is 0.900. The zero-order valence-electron chi connectivity index (χ0n) is 18.2. The molecule has 0 aromatic carbocycles. The van der Waals surface area contributed by atoms with Crippen LogP contribution in [0.25, 0.3) is 0 Å². The third-order valence-corrected chi connectivity index (χ3v) is 8.18. The number of aliphatic hydroxyl groups excluding tert-OH is 2. The summed E-state index contributed by atoms with van der Waals surface area (Å²) in [5.41, 5.74) is 0. The van der Waals surface area contributed by atoms with Crippen molar-refractivity contribution in [1.82, 2.24) is 20.9 Å². The van der Waals surface area contributed by atoms with Crippen molar-refractivity contribution < 1.29 is 155 Å². The first-order chi connectivity index (χ1) is 14.2. The number of rotatable bonds is 8. The van der Waals surface area contributed by atoms with Crippen molar-refractivity contribution in [2.75, 3.05) is 19.9 Å². The van der Waals surface area contributed by atoms with Crippen LogP contribution < -0.4 is 119 Å². The number of hydrogen-bond donors (Lipinski definition) is 6. The zero-order valence-corrected chi connectivity index (χ0v) is 26.9. The first-order valence-electron chi connectivity index (χ1n) is 8.44. The Morgan fingerprint density at radius 3 is 2.24 bits per heavy atom. The minimum absolute atomic E-state index is 0. The predicted octanol–water partition coefficient (Wildman–Crippen LogP) is -14.9. The summed E-state index contributed by atoms with van der Waals surface area (Å²) in [4.78, 5) is 54.9. The Morgan fingerprint density at radius 2 is 1.65 bits per heavy atom. The second-order valence-corrected chi connectivity index (χ2v) is 10.9. The molecule has 18 nitrogen and oxygen atoms in total. The minimum Gasteiger partial charge on any atom is -0.756 e. The Morgan fingerprint density at radius 1 is 1.03 bits per heavy atom. The van der Waals surface area contributed by atoms with Gasteiger partial charge in [-0.05, 0) is 0 Å². The quantitative estimate of drug-likeness (QED) is 0.115. The van der Waals surface area contributed by atoms with Gasteiger partial charge in [-0.2, -0.15) is 0 Å². The number of nitrogens with one attached hydrogen (secondary N) is 3. The number of carbonyl (C=O) groups excluding carboxylic acids is 1. The molecule has 5 unspecified atom stereocenters. The molecule has 6 N–H and O–H groups in total. The Labute approximate surface area is 259 Å². The van der Waals surface area contributed by atoms with Gasteiger partial charge in [0.15, 0.2) is 0 Å². The van der Waals surface area contributed by atoms with Crippen LogP contribution in [0.4, 0.5) is 0 Å². The zero-order chi connectivity index (χ0) is 23.2. The van der Waals surface area contributed by atoms with E-state index < -0.39 is 66.8 Å². The maximum atomic E-state index is 11.9. The number of amides is 1. The van der Waals surface area contributed by atoms with Crippen molar-refractivity contribution in [2.45, 2.75) is 36.7 Å². The van der Waals surface area contributed by atoms with Gasteiger partial charge in [0.25, 0.3) is 23.5 Å². The number of hydrogen-bond acceptors (Lipinski definition) is 16. The molecule has 34 heavy (non-hydrogen) atoms. The molecule has 3 aliphatic heterocycles. The van der Waals surface area contributed by atoms with Crippen molar-refractivity contribution in [3.8, 4) is 0 Å². The van der Waals surface area contributed by atoms with Gasteiger partial charge in [0.1, 0.15) is 30.6 Å². The Kier molecular flexibility index (Phi) is 15.4. The van der Waals surface area contributed by atoms with E-state index >= 15 is 0 Å². The summed E-state index contributed by atoms with van der Waals surface area (Å²) in [7, 11) is -17.7. The van der Waals surface area contributed by atoms with Gasteiger partial charge < -0.3 is 44.4 Å². The average molecular weight is 580 g/mol. The fourth-order valence-corrected chi connectivity index (χ4v) is 6.17. The van der Waals surface area contributed by atoms with E-state index in [4.69, 9.17) is 9.63 Å². The molecule has 0 aromatic heterocycles.